The van der Waals surface area contributed by atoms with Crippen LogP contribution in [0.5, 0.6) is 0 Å². The van der Waals surface area contributed by atoms with Gasteiger partial charge in [-0.1, -0.05) is 264 Å². The Morgan fingerprint density at radius 3 is 1.06 bits per heavy atom. The van der Waals surface area contributed by atoms with Crippen LogP contribution in [0.25, 0.3) is 0 Å². The number of allylic oxidation sites excluding steroid dienone is 2. The summed E-state index contributed by atoms with van der Waals surface area (Å²) in [5.74, 6) is -1.99. The summed E-state index contributed by atoms with van der Waals surface area (Å²) in [5.41, 5.74) is 0. The fourth-order valence-electron chi connectivity index (χ4n) is 9.07. The summed E-state index contributed by atoms with van der Waals surface area (Å²) in [6.07, 6.45) is 58.7. The predicted molar refractivity (Wildman–Crippen MR) is 295 cm³/mol. The zero-order valence-electron chi connectivity index (χ0n) is 47.2. The van der Waals surface area contributed by atoms with Crippen LogP contribution in [0.15, 0.2) is 12.2 Å². The number of aliphatic carboxylic acids is 1. The number of ether oxygens (including phenoxy) is 4. The first-order chi connectivity index (χ1) is 34.1. The maximum Gasteiger partial charge on any atom is 0.361 e. The maximum absolute atomic E-state index is 12.9. The second-order valence-corrected chi connectivity index (χ2v) is 22.0. The number of carboxylic acids is 1. The molecule has 0 aliphatic carbocycles. The average molecular weight is 994 g/mol. The third-order valence-corrected chi connectivity index (χ3v) is 13.8. The largest absolute Gasteiger partial charge is 0.477 e. The van der Waals surface area contributed by atoms with Gasteiger partial charge in [0.15, 0.2) is 6.10 Å². The minimum Gasteiger partial charge on any atom is -0.477 e. The molecule has 2 unspecified atom stereocenters. The zero-order chi connectivity index (χ0) is 51.3. The van der Waals surface area contributed by atoms with E-state index in [0.29, 0.717) is 17.4 Å². The van der Waals surface area contributed by atoms with Crippen molar-refractivity contribution in [3.05, 3.63) is 12.2 Å². The SMILES string of the molecule is CCCCCCCC/C=C\CCCCCCCCCC(=O)OC(COC(=O)CCCCCCCCCCCCCCCCCCCCCCCCCCCCCC)COC(OCC[N+](C)(C)C)C(=O)O. The highest BCUT2D eigenvalue weighted by atomic mass is 16.7. The van der Waals surface area contributed by atoms with Gasteiger partial charge in [0, 0.05) is 12.8 Å². The van der Waals surface area contributed by atoms with E-state index in [4.69, 9.17) is 18.9 Å². The molecule has 0 saturated heterocycles. The molecule has 0 heterocycles. The molecule has 0 radical (unpaired) electrons. The Kier molecular flexibility index (Phi) is 51.8. The molecule has 70 heavy (non-hydrogen) atoms. The van der Waals surface area contributed by atoms with Gasteiger partial charge in [-0.15, -0.1) is 0 Å². The number of carbonyl (C=O) groups excluding carboxylic acids is 2. The number of carboxylic acid groups (broad SMARTS) is 1. The van der Waals surface area contributed by atoms with E-state index in [9.17, 15) is 19.5 Å². The highest BCUT2D eigenvalue weighted by Crippen LogP contribution is 2.18. The summed E-state index contributed by atoms with van der Waals surface area (Å²) in [5, 5.41) is 9.70. The molecule has 0 saturated carbocycles. The van der Waals surface area contributed by atoms with Gasteiger partial charge in [-0.3, -0.25) is 9.59 Å². The first-order valence-electron chi connectivity index (χ1n) is 30.4. The Hall–Kier alpha value is -1.97. The summed E-state index contributed by atoms with van der Waals surface area (Å²) >= 11 is 0. The van der Waals surface area contributed by atoms with E-state index in [2.05, 4.69) is 26.0 Å². The standard InChI is InChI=1S/C61H117NO8/c1-6-8-10-12-14-16-18-20-22-24-25-26-27-28-29-30-31-32-33-34-36-37-39-41-43-45-47-49-51-58(63)68-55-57(56-69-61(60(65)66)67-54-53-62(3,4)5)70-59(64)52-50-48-46-44-42-40-38-35-23-21-19-17-15-13-11-9-7-2/h21,23,57,61H,6-20,22,24-56H2,1-5H3/p+1/b23-21-. The van der Waals surface area contributed by atoms with Crippen LogP contribution in [0.2, 0.25) is 0 Å². The van der Waals surface area contributed by atoms with E-state index in [1.54, 1.807) is 0 Å². The summed E-state index contributed by atoms with van der Waals surface area (Å²) in [6.45, 7) is 4.93. The molecular weight excluding hydrogens is 875 g/mol. The van der Waals surface area contributed by atoms with E-state index in [-0.39, 0.29) is 32.2 Å². The van der Waals surface area contributed by atoms with Crippen molar-refractivity contribution in [1.82, 2.24) is 0 Å². The Morgan fingerprint density at radius 2 is 0.729 bits per heavy atom. The number of nitrogens with zero attached hydrogens (tertiary/aromatic N) is 1. The zero-order valence-corrected chi connectivity index (χ0v) is 47.2. The molecule has 0 fully saturated rings. The number of unbranched alkanes of at least 4 members (excludes halogenated alkanes) is 40. The fourth-order valence-corrected chi connectivity index (χ4v) is 9.07. The van der Waals surface area contributed by atoms with Gasteiger partial charge in [0.05, 0.1) is 34.4 Å². The van der Waals surface area contributed by atoms with E-state index >= 15 is 0 Å². The minimum atomic E-state index is -1.51. The van der Waals surface area contributed by atoms with Gasteiger partial charge in [-0.05, 0) is 38.5 Å². The van der Waals surface area contributed by atoms with E-state index in [0.717, 1.165) is 51.4 Å². The number of hydrogen-bond donors (Lipinski definition) is 1. The van der Waals surface area contributed by atoms with Crippen molar-refractivity contribution < 1.29 is 42.9 Å². The lowest BCUT2D eigenvalue weighted by atomic mass is 10.0. The number of esters is 2. The van der Waals surface area contributed by atoms with Crippen LogP contribution in [-0.2, 0) is 33.3 Å². The van der Waals surface area contributed by atoms with Crippen molar-refractivity contribution >= 4 is 17.9 Å². The monoisotopic (exact) mass is 993 g/mol. The number of carbonyl (C=O) groups is 3. The third kappa shape index (κ3) is 53.8. The van der Waals surface area contributed by atoms with E-state index < -0.39 is 24.3 Å². The maximum atomic E-state index is 12.9. The Labute approximate surface area is 434 Å². The van der Waals surface area contributed by atoms with E-state index in [1.165, 1.54) is 225 Å². The second kappa shape index (κ2) is 53.3. The van der Waals surface area contributed by atoms with Crippen LogP contribution in [0.1, 0.15) is 303 Å². The third-order valence-electron chi connectivity index (χ3n) is 13.8. The number of rotatable bonds is 57. The summed E-state index contributed by atoms with van der Waals surface area (Å²) < 4.78 is 22.9. The lowest BCUT2D eigenvalue weighted by Crippen LogP contribution is -2.40. The van der Waals surface area contributed by atoms with Gasteiger partial charge in [0.2, 0.25) is 0 Å². The molecule has 0 aromatic heterocycles. The van der Waals surface area contributed by atoms with Gasteiger partial charge in [0.1, 0.15) is 13.2 Å². The van der Waals surface area contributed by atoms with Crippen molar-refractivity contribution in [2.45, 2.75) is 315 Å². The first kappa shape index (κ1) is 68.0. The van der Waals surface area contributed by atoms with Crippen LogP contribution in [0.3, 0.4) is 0 Å². The van der Waals surface area contributed by atoms with Crippen molar-refractivity contribution in [3.8, 4) is 0 Å². The smallest absolute Gasteiger partial charge is 0.361 e. The van der Waals surface area contributed by atoms with Crippen LogP contribution in [0.4, 0.5) is 0 Å². The molecule has 0 aliphatic heterocycles. The predicted octanol–water partition coefficient (Wildman–Crippen LogP) is 17.7. The van der Waals surface area contributed by atoms with Crippen molar-refractivity contribution in [2.24, 2.45) is 0 Å². The molecular formula is C61H118NO8+. The van der Waals surface area contributed by atoms with Gasteiger partial charge < -0.3 is 28.5 Å². The Morgan fingerprint density at radius 1 is 0.414 bits per heavy atom. The Bertz CT molecular complexity index is 1150. The molecule has 9 nitrogen and oxygen atoms in total. The molecule has 9 heteroatoms. The normalized spacial score (nSPS) is 12.8. The lowest BCUT2D eigenvalue weighted by molar-refractivity contribution is -0.870. The molecule has 414 valence electrons. The summed E-state index contributed by atoms with van der Waals surface area (Å²) in [4.78, 5) is 37.4. The highest BCUT2D eigenvalue weighted by molar-refractivity contribution is 5.71. The van der Waals surface area contributed by atoms with Gasteiger partial charge in [-0.25, -0.2) is 4.79 Å². The minimum absolute atomic E-state index is 0.177. The number of hydrogen-bond acceptors (Lipinski definition) is 7. The molecule has 0 spiro atoms. The van der Waals surface area contributed by atoms with Crippen molar-refractivity contribution in [1.29, 1.82) is 0 Å². The molecule has 0 amide bonds. The average Bonchev–Trinajstić information content (AvgIpc) is 3.33. The van der Waals surface area contributed by atoms with Gasteiger partial charge in [-0.2, -0.15) is 0 Å². The highest BCUT2D eigenvalue weighted by Gasteiger charge is 2.25. The quantitative estimate of drug-likeness (QED) is 0.0211. The molecule has 0 aromatic rings. The van der Waals surface area contributed by atoms with Gasteiger partial charge >= 0.3 is 17.9 Å². The van der Waals surface area contributed by atoms with Crippen molar-refractivity contribution in [3.63, 3.8) is 0 Å². The molecule has 0 rings (SSSR count). The molecule has 0 bridgehead atoms. The van der Waals surface area contributed by atoms with Crippen LogP contribution in [-0.4, -0.2) is 87.4 Å². The van der Waals surface area contributed by atoms with Crippen LogP contribution >= 0.6 is 0 Å². The molecule has 0 aliphatic rings. The first-order valence-corrected chi connectivity index (χ1v) is 30.4. The topological polar surface area (TPSA) is 108 Å². The number of likely N-dealkylation sites (N-methyl/N-ethyl adjacent to an activating group) is 1. The second-order valence-electron chi connectivity index (χ2n) is 22.0. The van der Waals surface area contributed by atoms with E-state index in [1.807, 2.05) is 21.1 Å². The van der Waals surface area contributed by atoms with Crippen LogP contribution < -0.4 is 0 Å². The van der Waals surface area contributed by atoms with Gasteiger partial charge in [0.25, 0.3) is 6.29 Å². The molecule has 1 N–H and O–H groups in total. The lowest BCUT2D eigenvalue weighted by Gasteiger charge is -2.25. The number of quaternary nitrogens is 1. The summed E-state index contributed by atoms with van der Waals surface area (Å²) in [6, 6.07) is 0. The fraction of sp³-hybridized carbons (Fsp3) is 0.918. The molecule has 0 aromatic carbocycles. The summed E-state index contributed by atoms with van der Waals surface area (Å²) in [7, 11) is 5.98. The Balaban J connectivity index is 4.11. The van der Waals surface area contributed by atoms with Crippen LogP contribution in [0, 0.1) is 0 Å². The van der Waals surface area contributed by atoms with Crippen molar-refractivity contribution in [2.75, 3.05) is 47.5 Å². The molecule has 2 atom stereocenters.